The Kier molecular flexibility index (Phi) is 8.76. The zero-order valence-electron chi connectivity index (χ0n) is 17.0. The maximum Gasteiger partial charge on any atom is 0.258 e. The molecule has 0 saturated heterocycles. The van der Waals surface area contributed by atoms with Gasteiger partial charge in [-0.1, -0.05) is 24.6 Å². The highest BCUT2D eigenvalue weighted by molar-refractivity contribution is 7.89. The molecule has 0 aliphatic rings. The lowest BCUT2D eigenvalue weighted by Crippen LogP contribution is -2.28. The van der Waals surface area contributed by atoms with Crippen LogP contribution in [0.1, 0.15) is 18.9 Å². The van der Waals surface area contributed by atoms with Crippen LogP contribution in [-0.2, 0) is 21.4 Å². The quantitative estimate of drug-likeness (QED) is 0.539. The van der Waals surface area contributed by atoms with Crippen molar-refractivity contribution in [3.63, 3.8) is 0 Å². The number of carbonyl (C=O) groups excluding carboxylic acids is 1. The number of carbonyl (C=O) groups is 1. The van der Waals surface area contributed by atoms with Crippen LogP contribution in [-0.4, -0.2) is 41.7 Å². The summed E-state index contributed by atoms with van der Waals surface area (Å²) in [6, 6.07) is 9.41. The summed E-state index contributed by atoms with van der Waals surface area (Å²) < 4.78 is 42.6. The Morgan fingerprint density at radius 3 is 2.37 bits per heavy atom. The number of hydrogen-bond acceptors (Lipinski definition) is 6. The minimum absolute atomic E-state index is 0.0335. The van der Waals surface area contributed by atoms with E-state index in [2.05, 4.69) is 10.0 Å². The summed E-state index contributed by atoms with van der Waals surface area (Å²) in [6.45, 7) is 2.20. The van der Waals surface area contributed by atoms with Gasteiger partial charge in [-0.15, -0.1) is 0 Å². The standard InChI is InChI=1S/C20H25ClN2O6S/c1-4-9-23-30(25,26)15-6-8-17(16(21)11-15)29-13-20(24)22-12-14-5-7-18(27-2)19(10-14)28-3/h5-8,10-11,23H,4,9,12-13H2,1-3H3,(H,22,24). The Bertz CT molecular complexity index is 981. The molecule has 2 N–H and O–H groups in total. The van der Waals surface area contributed by atoms with Crippen molar-refractivity contribution in [3.8, 4) is 17.2 Å². The third-order valence-corrected chi connectivity index (χ3v) is 5.81. The summed E-state index contributed by atoms with van der Waals surface area (Å²) in [5.41, 5.74) is 0.827. The van der Waals surface area contributed by atoms with Gasteiger partial charge in [0.15, 0.2) is 18.1 Å². The summed E-state index contributed by atoms with van der Waals surface area (Å²) in [4.78, 5) is 12.1. The van der Waals surface area contributed by atoms with Crippen molar-refractivity contribution >= 4 is 27.5 Å². The smallest absolute Gasteiger partial charge is 0.258 e. The van der Waals surface area contributed by atoms with Gasteiger partial charge in [0, 0.05) is 13.1 Å². The van der Waals surface area contributed by atoms with E-state index in [-0.39, 0.29) is 34.7 Å². The number of halogens is 1. The van der Waals surface area contributed by atoms with Crippen LogP contribution >= 0.6 is 11.6 Å². The van der Waals surface area contributed by atoms with Crippen molar-refractivity contribution < 1.29 is 27.4 Å². The van der Waals surface area contributed by atoms with Crippen molar-refractivity contribution in [2.45, 2.75) is 24.8 Å². The third kappa shape index (κ3) is 6.51. The molecule has 0 fully saturated rings. The van der Waals surface area contributed by atoms with E-state index in [9.17, 15) is 13.2 Å². The van der Waals surface area contributed by atoms with E-state index in [4.69, 9.17) is 25.8 Å². The fourth-order valence-corrected chi connectivity index (χ4v) is 3.93. The molecule has 8 nitrogen and oxygen atoms in total. The second-order valence-corrected chi connectivity index (χ2v) is 8.42. The number of nitrogens with one attached hydrogen (secondary N) is 2. The van der Waals surface area contributed by atoms with Crippen molar-refractivity contribution in [1.82, 2.24) is 10.0 Å². The van der Waals surface area contributed by atoms with E-state index in [1.54, 1.807) is 19.2 Å². The van der Waals surface area contributed by atoms with Gasteiger partial charge < -0.3 is 19.5 Å². The maximum atomic E-state index is 12.1. The van der Waals surface area contributed by atoms with E-state index in [0.717, 1.165) is 5.56 Å². The van der Waals surface area contributed by atoms with Gasteiger partial charge in [0.05, 0.1) is 24.1 Å². The topological polar surface area (TPSA) is 103 Å². The molecule has 0 aliphatic heterocycles. The SMILES string of the molecule is CCCNS(=O)(=O)c1ccc(OCC(=O)NCc2ccc(OC)c(OC)c2)c(Cl)c1. The minimum Gasteiger partial charge on any atom is -0.493 e. The van der Waals surface area contributed by atoms with E-state index >= 15 is 0 Å². The molecule has 0 aliphatic carbocycles. The largest absolute Gasteiger partial charge is 0.493 e. The second kappa shape index (κ2) is 11.1. The Morgan fingerprint density at radius 2 is 1.73 bits per heavy atom. The fraction of sp³-hybridized carbons (Fsp3) is 0.350. The number of rotatable bonds is 11. The molecule has 30 heavy (non-hydrogen) atoms. The van der Waals surface area contributed by atoms with Gasteiger partial charge in [-0.05, 0) is 42.3 Å². The number of benzene rings is 2. The number of methoxy groups -OCH3 is 2. The third-order valence-electron chi connectivity index (χ3n) is 4.05. The van der Waals surface area contributed by atoms with Crippen LogP contribution < -0.4 is 24.2 Å². The fourth-order valence-electron chi connectivity index (χ4n) is 2.47. The van der Waals surface area contributed by atoms with Gasteiger partial charge >= 0.3 is 0 Å². The van der Waals surface area contributed by atoms with Crippen molar-refractivity contribution in [2.24, 2.45) is 0 Å². The van der Waals surface area contributed by atoms with Crippen molar-refractivity contribution in [1.29, 1.82) is 0 Å². The van der Waals surface area contributed by atoms with Gasteiger partial charge in [-0.2, -0.15) is 0 Å². The molecule has 0 heterocycles. The average Bonchev–Trinajstić information content (AvgIpc) is 2.75. The van der Waals surface area contributed by atoms with Crippen LogP contribution in [0, 0.1) is 0 Å². The Balaban J connectivity index is 1.92. The van der Waals surface area contributed by atoms with Crippen LogP contribution in [0.15, 0.2) is 41.3 Å². The number of sulfonamides is 1. The first-order valence-electron chi connectivity index (χ1n) is 9.20. The molecule has 2 rings (SSSR count). The molecule has 0 atom stereocenters. The lowest BCUT2D eigenvalue weighted by Gasteiger charge is -2.12. The van der Waals surface area contributed by atoms with Crippen LogP contribution in [0.25, 0.3) is 0 Å². The first-order valence-corrected chi connectivity index (χ1v) is 11.1. The monoisotopic (exact) mass is 456 g/mol. The first kappa shape index (κ1) is 23.8. The van der Waals surface area contributed by atoms with E-state index in [0.29, 0.717) is 24.5 Å². The molecule has 0 radical (unpaired) electrons. The van der Waals surface area contributed by atoms with E-state index in [1.165, 1.54) is 25.3 Å². The van der Waals surface area contributed by atoms with E-state index in [1.807, 2.05) is 13.0 Å². The summed E-state index contributed by atoms with van der Waals surface area (Å²) in [7, 11) is -0.549. The minimum atomic E-state index is -3.63. The average molecular weight is 457 g/mol. The highest BCUT2D eigenvalue weighted by Crippen LogP contribution is 2.28. The van der Waals surface area contributed by atoms with Gasteiger partial charge in [0.25, 0.3) is 5.91 Å². The zero-order valence-corrected chi connectivity index (χ0v) is 18.6. The molecule has 2 aromatic rings. The Hall–Kier alpha value is -2.49. The van der Waals surface area contributed by atoms with Gasteiger partial charge in [0.1, 0.15) is 5.75 Å². The normalized spacial score (nSPS) is 11.1. The van der Waals surface area contributed by atoms with Gasteiger partial charge in [-0.3, -0.25) is 4.79 Å². The van der Waals surface area contributed by atoms with Crippen LogP contribution in [0.4, 0.5) is 0 Å². The zero-order chi connectivity index (χ0) is 22.1. The molecule has 1 amide bonds. The summed E-state index contributed by atoms with van der Waals surface area (Å²) >= 11 is 6.11. The molecule has 0 aromatic heterocycles. The lowest BCUT2D eigenvalue weighted by atomic mass is 10.2. The molecular weight excluding hydrogens is 432 g/mol. The number of amides is 1. The summed E-state index contributed by atoms with van der Waals surface area (Å²) in [5, 5.41) is 2.83. The Labute approximate surface area is 181 Å². The van der Waals surface area contributed by atoms with Crippen LogP contribution in [0.5, 0.6) is 17.2 Å². The van der Waals surface area contributed by atoms with E-state index < -0.39 is 10.0 Å². The molecule has 0 unspecified atom stereocenters. The highest BCUT2D eigenvalue weighted by atomic mass is 35.5. The molecule has 0 bridgehead atoms. The second-order valence-electron chi connectivity index (χ2n) is 6.24. The molecule has 0 saturated carbocycles. The maximum absolute atomic E-state index is 12.1. The molecule has 2 aromatic carbocycles. The summed E-state index contributed by atoms with van der Waals surface area (Å²) in [6.07, 6.45) is 0.673. The molecule has 164 valence electrons. The summed E-state index contributed by atoms with van der Waals surface area (Å²) in [5.74, 6) is 1.02. The van der Waals surface area contributed by atoms with Gasteiger partial charge in [-0.25, -0.2) is 13.1 Å². The molecule has 0 spiro atoms. The van der Waals surface area contributed by atoms with Crippen molar-refractivity contribution in [3.05, 3.63) is 47.0 Å². The predicted octanol–water partition coefficient (Wildman–Crippen LogP) is 2.74. The van der Waals surface area contributed by atoms with Crippen molar-refractivity contribution in [2.75, 3.05) is 27.4 Å². The first-order chi connectivity index (χ1) is 14.3. The molecule has 10 heteroatoms. The van der Waals surface area contributed by atoms with Crippen LogP contribution in [0.3, 0.4) is 0 Å². The highest BCUT2D eigenvalue weighted by Gasteiger charge is 2.16. The lowest BCUT2D eigenvalue weighted by molar-refractivity contribution is -0.123. The predicted molar refractivity (Wildman–Crippen MR) is 114 cm³/mol. The number of ether oxygens (including phenoxy) is 3. The molecular formula is C20H25ClN2O6S. The Morgan fingerprint density at radius 1 is 1.03 bits per heavy atom. The number of hydrogen-bond donors (Lipinski definition) is 2. The van der Waals surface area contributed by atoms with Crippen LogP contribution in [0.2, 0.25) is 5.02 Å². The van der Waals surface area contributed by atoms with Gasteiger partial charge in [0.2, 0.25) is 10.0 Å².